The van der Waals surface area contributed by atoms with Crippen molar-refractivity contribution < 1.29 is 22.7 Å². The average molecular weight is 392 g/mol. The number of aliphatic hydroxyl groups is 1. The van der Waals surface area contributed by atoms with E-state index in [0.717, 1.165) is 18.6 Å². The van der Waals surface area contributed by atoms with Crippen LogP contribution in [0.25, 0.3) is 0 Å². The van der Waals surface area contributed by atoms with E-state index in [-0.39, 0.29) is 28.6 Å². The Kier molecular flexibility index (Phi) is 5.48. The van der Waals surface area contributed by atoms with Gasteiger partial charge in [0.2, 0.25) is 0 Å². The molecule has 1 aliphatic rings. The Morgan fingerprint density at radius 3 is 2.74 bits per heavy atom. The predicted molar refractivity (Wildman–Crippen MR) is 99.5 cm³/mol. The van der Waals surface area contributed by atoms with Crippen LogP contribution in [0.3, 0.4) is 0 Å². The number of aryl methyl sites for hydroxylation is 1. The zero-order valence-corrected chi connectivity index (χ0v) is 15.7. The van der Waals surface area contributed by atoms with Crippen LogP contribution >= 0.6 is 0 Å². The van der Waals surface area contributed by atoms with Gasteiger partial charge in [-0.05, 0) is 61.7 Å². The smallest absolute Gasteiger partial charge is 0.262 e. The highest BCUT2D eigenvalue weighted by Gasteiger charge is 2.24. The van der Waals surface area contributed by atoms with Crippen molar-refractivity contribution in [2.24, 2.45) is 0 Å². The number of likely N-dealkylation sites (tertiary alicyclic amines) is 1. The van der Waals surface area contributed by atoms with E-state index in [1.54, 1.807) is 17.0 Å². The minimum Gasteiger partial charge on any atom is -0.391 e. The number of hydrogen-bond donors (Lipinski definition) is 2. The van der Waals surface area contributed by atoms with Crippen molar-refractivity contribution in [1.82, 2.24) is 4.90 Å². The summed E-state index contributed by atoms with van der Waals surface area (Å²) in [7, 11) is -3.92. The quantitative estimate of drug-likeness (QED) is 0.837. The van der Waals surface area contributed by atoms with Crippen LogP contribution in [0.5, 0.6) is 0 Å². The fourth-order valence-corrected chi connectivity index (χ4v) is 4.44. The Balaban J connectivity index is 1.82. The number of anilines is 1. The maximum atomic E-state index is 13.2. The van der Waals surface area contributed by atoms with Crippen molar-refractivity contribution in [3.05, 3.63) is 59.4 Å². The monoisotopic (exact) mass is 392 g/mol. The molecule has 1 fully saturated rings. The van der Waals surface area contributed by atoms with Gasteiger partial charge in [-0.2, -0.15) is 0 Å². The molecule has 0 saturated carbocycles. The molecule has 144 valence electrons. The Morgan fingerprint density at radius 1 is 1.26 bits per heavy atom. The number of nitrogens with one attached hydrogen (secondary N) is 1. The Bertz CT molecular complexity index is 962. The topological polar surface area (TPSA) is 86.7 Å². The lowest BCUT2D eigenvalue weighted by molar-refractivity contribution is 0.0474. The van der Waals surface area contributed by atoms with Crippen LogP contribution in [0.2, 0.25) is 0 Å². The first-order valence-electron chi connectivity index (χ1n) is 8.62. The van der Waals surface area contributed by atoms with Crippen LogP contribution in [-0.4, -0.2) is 43.5 Å². The minimum atomic E-state index is -3.92. The van der Waals surface area contributed by atoms with Crippen LogP contribution in [0.4, 0.5) is 10.1 Å². The van der Waals surface area contributed by atoms with E-state index in [1.807, 2.05) is 0 Å². The lowest BCUT2D eigenvalue weighted by Crippen LogP contribution is -2.42. The number of amides is 1. The maximum absolute atomic E-state index is 13.2. The molecule has 1 atom stereocenters. The summed E-state index contributed by atoms with van der Waals surface area (Å²) in [4.78, 5) is 14.2. The molecule has 1 heterocycles. The number of carbonyl (C=O) groups excluding carboxylic acids is 1. The van der Waals surface area contributed by atoms with Crippen LogP contribution in [0.15, 0.2) is 47.4 Å². The van der Waals surface area contributed by atoms with Gasteiger partial charge in [0.1, 0.15) is 5.82 Å². The molecule has 27 heavy (non-hydrogen) atoms. The van der Waals surface area contributed by atoms with E-state index >= 15 is 0 Å². The van der Waals surface area contributed by atoms with E-state index in [2.05, 4.69) is 4.72 Å². The second-order valence-electron chi connectivity index (χ2n) is 6.64. The Hall–Kier alpha value is -2.45. The third-order valence-electron chi connectivity index (χ3n) is 4.47. The fraction of sp³-hybridized carbons (Fsp3) is 0.316. The zero-order chi connectivity index (χ0) is 19.6. The molecule has 6 nitrogen and oxygen atoms in total. The van der Waals surface area contributed by atoms with Crippen LogP contribution in [0, 0.1) is 12.7 Å². The van der Waals surface area contributed by atoms with Crippen LogP contribution < -0.4 is 4.72 Å². The number of halogens is 1. The summed E-state index contributed by atoms with van der Waals surface area (Å²) >= 11 is 0. The molecule has 8 heteroatoms. The van der Waals surface area contributed by atoms with Crippen molar-refractivity contribution >= 4 is 21.6 Å². The molecular formula is C19H21FN2O4S. The van der Waals surface area contributed by atoms with Gasteiger partial charge in [0, 0.05) is 24.3 Å². The largest absolute Gasteiger partial charge is 0.391 e. The molecule has 1 aliphatic heterocycles. The van der Waals surface area contributed by atoms with Gasteiger partial charge in [0.15, 0.2) is 0 Å². The molecule has 0 unspecified atom stereocenters. The number of benzene rings is 2. The summed E-state index contributed by atoms with van der Waals surface area (Å²) in [6, 6.07) is 9.63. The van der Waals surface area contributed by atoms with Gasteiger partial charge in [-0.3, -0.25) is 9.52 Å². The Morgan fingerprint density at radius 2 is 2.04 bits per heavy atom. The number of aliphatic hydroxyl groups excluding tert-OH is 1. The first kappa shape index (κ1) is 19.3. The molecular weight excluding hydrogens is 371 g/mol. The van der Waals surface area contributed by atoms with Gasteiger partial charge < -0.3 is 10.0 Å². The summed E-state index contributed by atoms with van der Waals surface area (Å²) in [5.74, 6) is -0.768. The van der Waals surface area contributed by atoms with Crippen molar-refractivity contribution in [3.8, 4) is 0 Å². The Labute approximate surface area is 157 Å². The molecule has 1 amide bonds. The first-order valence-corrected chi connectivity index (χ1v) is 10.1. The fourth-order valence-electron chi connectivity index (χ4n) is 3.16. The van der Waals surface area contributed by atoms with E-state index < -0.39 is 21.9 Å². The molecule has 0 bridgehead atoms. The SMILES string of the molecule is Cc1cc(F)ccc1S(=O)(=O)Nc1cccc(C(=O)N2CCC[C@@H](O)C2)c1. The van der Waals surface area contributed by atoms with Gasteiger partial charge in [-0.1, -0.05) is 6.07 Å². The standard InChI is InChI=1S/C19H21FN2O4S/c1-13-10-15(20)7-8-18(13)27(25,26)21-16-5-2-4-14(11-16)19(24)22-9-3-6-17(23)12-22/h2,4-5,7-8,10-11,17,21,23H,3,6,9,12H2,1H3/t17-/m1/s1. The van der Waals surface area contributed by atoms with E-state index in [9.17, 15) is 22.7 Å². The van der Waals surface area contributed by atoms with Gasteiger partial charge in [-0.25, -0.2) is 12.8 Å². The summed E-state index contributed by atoms with van der Waals surface area (Å²) in [6.07, 6.45) is 0.856. The molecule has 2 aromatic carbocycles. The number of nitrogens with zero attached hydrogens (tertiary/aromatic N) is 1. The van der Waals surface area contributed by atoms with Crippen molar-refractivity contribution in [3.63, 3.8) is 0 Å². The van der Waals surface area contributed by atoms with Crippen LogP contribution in [0.1, 0.15) is 28.8 Å². The summed E-state index contributed by atoms with van der Waals surface area (Å²) < 4.78 is 40.9. The molecule has 0 radical (unpaired) electrons. The lowest BCUT2D eigenvalue weighted by atomic mass is 10.1. The number of rotatable bonds is 4. The van der Waals surface area contributed by atoms with Gasteiger partial charge >= 0.3 is 0 Å². The lowest BCUT2D eigenvalue weighted by Gasteiger charge is -2.30. The number of sulfonamides is 1. The average Bonchev–Trinajstić information content (AvgIpc) is 2.60. The second-order valence-corrected chi connectivity index (χ2v) is 8.29. The number of piperidine rings is 1. The first-order chi connectivity index (χ1) is 12.8. The van der Waals surface area contributed by atoms with Crippen molar-refractivity contribution in [2.75, 3.05) is 17.8 Å². The van der Waals surface area contributed by atoms with Gasteiger partial charge in [0.25, 0.3) is 15.9 Å². The van der Waals surface area contributed by atoms with Gasteiger partial charge in [0.05, 0.1) is 11.0 Å². The van der Waals surface area contributed by atoms with Crippen molar-refractivity contribution in [2.45, 2.75) is 30.8 Å². The molecule has 0 aromatic heterocycles. The predicted octanol–water partition coefficient (Wildman–Crippen LogP) is 2.53. The van der Waals surface area contributed by atoms with E-state index in [1.165, 1.54) is 25.1 Å². The molecule has 0 aliphatic carbocycles. The molecule has 2 N–H and O–H groups in total. The normalized spacial score (nSPS) is 17.6. The number of β-amino-alcohol motifs (C(OH)–C–C–N with tert-alkyl or cyclic N) is 1. The highest BCUT2D eigenvalue weighted by molar-refractivity contribution is 7.92. The molecule has 1 saturated heterocycles. The van der Waals surface area contributed by atoms with E-state index in [0.29, 0.717) is 18.5 Å². The van der Waals surface area contributed by atoms with Crippen molar-refractivity contribution in [1.29, 1.82) is 0 Å². The van der Waals surface area contributed by atoms with Gasteiger partial charge in [-0.15, -0.1) is 0 Å². The highest BCUT2D eigenvalue weighted by Crippen LogP contribution is 2.22. The minimum absolute atomic E-state index is 0.0280. The summed E-state index contributed by atoms with van der Waals surface area (Å²) in [5, 5.41) is 9.74. The third-order valence-corrected chi connectivity index (χ3v) is 6.01. The zero-order valence-electron chi connectivity index (χ0n) is 14.9. The summed E-state index contributed by atoms with van der Waals surface area (Å²) in [6.45, 7) is 2.34. The molecule has 3 rings (SSSR count). The highest BCUT2D eigenvalue weighted by atomic mass is 32.2. The van der Waals surface area contributed by atoms with E-state index in [4.69, 9.17) is 0 Å². The maximum Gasteiger partial charge on any atom is 0.262 e. The van der Waals surface area contributed by atoms with Crippen LogP contribution in [-0.2, 0) is 10.0 Å². The number of carbonyl (C=O) groups is 1. The molecule has 0 spiro atoms. The summed E-state index contributed by atoms with van der Waals surface area (Å²) in [5.41, 5.74) is 0.860. The number of hydrogen-bond acceptors (Lipinski definition) is 4. The molecule has 2 aromatic rings. The second kappa shape index (κ2) is 7.66. The third kappa shape index (κ3) is 4.45.